The van der Waals surface area contributed by atoms with Gasteiger partial charge in [-0.1, -0.05) is 30.7 Å². The number of thiazole rings is 1. The molecule has 0 fully saturated rings. The lowest BCUT2D eigenvalue weighted by Crippen LogP contribution is -2.23. The van der Waals surface area contributed by atoms with Crippen LogP contribution in [-0.4, -0.2) is 11.5 Å². The van der Waals surface area contributed by atoms with Crippen molar-refractivity contribution in [3.05, 3.63) is 51.2 Å². The maximum atomic E-state index is 13.5. The van der Waals surface area contributed by atoms with Gasteiger partial charge in [0.15, 0.2) is 0 Å². The number of nitrogens with zero attached hydrogens (tertiary/aromatic N) is 1. The Morgan fingerprint density at radius 1 is 1.50 bits per heavy atom. The quantitative estimate of drug-likeness (QED) is 0.903. The van der Waals surface area contributed by atoms with Crippen LogP contribution in [0.2, 0.25) is 5.02 Å². The first-order valence-corrected chi connectivity index (χ1v) is 7.03. The summed E-state index contributed by atoms with van der Waals surface area (Å²) >= 11 is 7.63. The number of hydrogen-bond acceptors (Lipinski definition) is 3. The minimum absolute atomic E-state index is 0.00986. The van der Waals surface area contributed by atoms with Gasteiger partial charge >= 0.3 is 0 Å². The molecule has 0 radical (unpaired) electrons. The summed E-state index contributed by atoms with van der Waals surface area (Å²) in [6, 6.07) is 4.90. The molecule has 0 aliphatic rings. The number of rotatable bonds is 5. The molecule has 2 nitrogen and oxygen atoms in total. The van der Waals surface area contributed by atoms with Crippen LogP contribution in [0, 0.1) is 5.82 Å². The smallest absolute Gasteiger partial charge is 0.142 e. The van der Waals surface area contributed by atoms with E-state index in [2.05, 4.69) is 10.3 Å². The second-order valence-electron chi connectivity index (χ2n) is 3.88. The van der Waals surface area contributed by atoms with Gasteiger partial charge in [-0.3, -0.25) is 0 Å². The number of hydrogen-bond donors (Lipinski definition) is 1. The van der Waals surface area contributed by atoms with E-state index in [4.69, 9.17) is 11.6 Å². The summed E-state index contributed by atoms with van der Waals surface area (Å²) in [7, 11) is 0. The summed E-state index contributed by atoms with van der Waals surface area (Å²) in [6.07, 6.45) is 2.49. The molecule has 0 aliphatic heterocycles. The van der Waals surface area contributed by atoms with E-state index in [1.807, 2.05) is 18.4 Å². The van der Waals surface area contributed by atoms with Crippen LogP contribution in [0.1, 0.15) is 23.5 Å². The molecule has 2 aromatic rings. The maximum Gasteiger partial charge on any atom is 0.142 e. The Hall–Kier alpha value is -0.970. The molecule has 0 saturated heterocycles. The molecule has 96 valence electrons. The lowest BCUT2D eigenvalue weighted by Gasteiger charge is -2.18. The van der Waals surface area contributed by atoms with E-state index in [-0.39, 0.29) is 16.9 Å². The Bertz CT molecular complexity index is 502. The normalized spacial score (nSPS) is 12.6. The lowest BCUT2D eigenvalue weighted by molar-refractivity contribution is 0.542. The van der Waals surface area contributed by atoms with E-state index in [9.17, 15) is 4.39 Å². The molecule has 0 saturated carbocycles. The molecule has 1 aromatic carbocycles. The van der Waals surface area contributed by atoms with Gasteiger partial charge in [0, 0.05) is 24.0 Å². The molecular weight excluding hydrogens is 271 g/mol. The van der Waals surface area contributed by atoms with Crippen LogP contribution in [0.5, 0.6) is 0 Å². The van der Waals surface area contributed by atoms with Crippen molar-refractivity contribution in [2.24, 2.45) is 0 Å². The first-order chi connectivity index (χ1) is 8.72. The second kappa shape index (κ2) is 6.27. The number of likely N-dealkylation sites (N-methyl/N-ethyl adjacent to an activating group) is 1. The van der Waals surface area contributed by atoms with Crippen LogP contribution in [-0.2, 0) is 6.42 Å². The van der Waals surface area contributed by atoms with Crippen LogP contribution < -0.4 is 5.32 Å². The van der Waals surface area contributed by atoms with E-state index in [1.165, 1.54) is 6.07 Å². The first kappa shape index (κ1) is 13.5. The van der Waals surface area contributed by atoms with E-state index in [1.54, 1.807) is 23.6 Å². The van der Waals surface area contributed by atoms with Crippen molar-refractivity contribution in [3.8, 4) is 0 Å². The average Bonchev–Trinajstić information content (AvgIpc) is 2.85. The number of benzene rings is 1. The molecule has 1 heterocycles. The summed E-state index contributed by atoms with van der Waals surface area (Å²) in [5.74, 6) is -0.379. The summed E-state index contributed by atoms with van der Waals surface area (Å²) in [5, 5.41) is 6.47. The highest BCUT2D eigenvalue weighted by Crippen LogP contribution is 2.28. The van der Waals surface area contributed by atoms with Gasteiger partial charge in [0.25, 0.3) is 0 Å². The fraction of sp³-hybridized carbons (Fsp3) is 0.308. The summed E-state index contributed by atoms with van der Waals surface area (Å²) < 4.78 is 13.5. The minimum atomic E-state index is -0.379. The van der Waals surface area contributed by atoms with Gasteiger partial charge in [0.05, 0.1) is 10.0 Å². The fourth-order valence-electron chi connectivity index (χ4n) is 1.86. The largest absolute Gasteiger partial charge is 0.310 e. The average molecular weight is 285 g/mol. The van der Waals surface area contributed by atoms with E-state index in [0.29, 0.717) is 6.42 Å². The standard InChI is InChI=1S/C13H14ClFN2S/c1-2-16-11(8-12-17-6-7-18-12)9-4-3-5-10(15)13(9)14/h3-7,11,16H,2,8H2,1H3. The molecule has 5 heteroatoms. The van der Waals surface area contributed by atoms with Crippen LogP contribution in [0.15, 0.2) is 29.8 Å². The molecule has 18 heavy (non-hydrogen) atoms. The monoisotopic (exact) mass is 284 g/mol. The van der Waals surface area contributed by atoms with Crippen molar-refractivity contribution in [2.45, 2.75) is 19.4 Å². The van der Waals surface area contributed by atoms with Crippen LogP contribution in [0.25, 0.3) is 0 Å². The lowest BCUT2D eigenvalue weighted by atomic mass is 10.0. The van der Waals surface area contributed by atoms with Crippen molar-refractivity contribution < 1.29 is 4.39 Å². The summed E-state index contributed by atoms with van der Waals surface area (Å²) in [4.78, 5) is 4.26. The molecule has 0 amide bonds. The van der Waals surface area contributed by atoms with Crippen molar-refractivity contribution in [1.82, 2.24) is 10.3 Å². The van der Waals surface area contributed by atoms with Gasteiger partial charge in [-0.25, -0.2) is 9.37 Å². The predicted molar refractivity (Wildman–Crippen MR) is 73.6 cm³/mol. The Kier molecular flexibility index (Phi) is 4.69. The summed E-state index contributed by atoms with van der Waals surface area (Å²) in [5.41, 5.74) is 0.786. The molecule has 1 aromatic heterocycles. The summed E-state index contributed by atoms with van der Waals surface area (Å²) in [6.45, 7) is 2.81. The predicted octanol–water partition coefficient (Wildman–Crippen LogP) is 3.83. The van der Waals surface area contributed by atoms with Gasteiger partial charge in [0.2, 0.25) is 0 Å². The number of halogens is 2. The SMILES string of the molecule is CCNC(Cc1nccs1)c1cccc(F)c1Cl. The molecule has 0 bridgehead atoms. The van der Waals surface area contributed by atoms with E-state index < -0.39 is 0 Å². The number of nitrogens with one attached hydrogen (secondary N) is 1. The minimum Gasteiger partial charge on any atom is -0.310 e. The zero-order valence-electron chi connectivity index (χ0n) is 9.99. The third kappa shape index (κ3) is 3.07. The fourth-order valence-corrected chi connectivity index (χ4v) is 2.78. The molecule has 2 rings (SSSR count). The third-order valence-corrected chi connectivity index (χ3v) is 3.87. The molecule has 1 N–H and O–H groups in total. The van der Waals surface area contributed by atoms with Crippen molar-refractivity contribution in [1.29, 1.82) is 0 Å². The molecule has 0 spiro atoms. The molecule has 0 aliphatic carbocycles. The van der Waals surface area contributed by atoms with Crippen molar-refractivity contribution in [2.75, 3.05) is 6.54 Å². The van der Waals surface area contributed by atoms with Crippen molar-refractivity contribution >= 4 is 22.9 Å². The maximum absolute atomic E-state index is 13.5. The van der Waals surface area contributed by atoms with Crippen LogP contribution >= 0.6 is 22.9 Å². The highest BCUT2D eigenvalue weighted by atomic mass is 35.5. The highest BCUT2D eigenvalue weighted by Gasteiger charge is 2.17. The van der Waals surface area contributed by atoms with Crippen LogP contribution in [0.4, 0.5) is 4.39 Å². The Balaban J connectivity index is 2.26. The van der Waals surface area contributed by atoms with Crippen molar-refractivity contribution in [3.63, 3.8) is 0 Å². The van der Waals surface area contributed by atoms with E-state index >= 15 is 0 Å². The topological polar surface area (TPSA) is 24.9 Å². The third-order valence-electron chi connectivity index (χ3n) is 2.67. The Labute approximate surface area is 115 Å². The van der Waals surface area contributed by atoms with Gasteiger partial charge in [-0.2, -0.15) is 0 Å². The molecular formula is C13H14ClFN2S. The first-order valence-electron chi connectivity index (χ1n) is 5.78. The molecule has 1 unspecified atom stereocenters. The van der Waals surface area contributed by atoms with Gasteiger partial charge in [0.1, 0.15) is 5.82 Å². The van der Waals surface area contributed by atoms with Gasteiger partial charge in [-0.15, -0.1) is 11.3 Å². The highest BCUT2D eigenvalue weighted by molar-refractivity contribution is 7.09. The Morgan fingerprint density at radius 2 is 2.33 bits per heavy atom. The number of aromatic nitrogens is 1. The van der Waals surface area contributed by atoms with Gasteiger partial charge in [-0.05, 0) is 18.2 Å². The zero-order valence-corrected chi connectivity index (χ0v) is 11.6. The molecule has 1 atom stereocenters. The van der Waals surface area contributed by atoms with Crippen LogP contribution in [0.3, 0.4) is 0 Å². The second-order valence-corrected chi connectivity index (χ2v) is 5.24. The van der Waals surface area contributed by atoms with Gasteiger partial charge < -0.3 is 5.32 Å². The Morgan fingerprint density at radius 3 is 3.00 bits per heavy atom. The zero-order chi connectivity index (χ0) is 13.0. The van der Waals surface area contributed by atoms with E-state index in [0.717, 1.165) is 17.1 Å².